The van der Waals surface area contributed by atoms with E-state index in [2.05, 4.69) is 4.52 Å². The maximum Gasteiger partial charge on any atom is 0.345 e. The molecule has 0 aliphatic rings. The topological polar surface area (TPSA) is 109 Å². The molecule has 60 valence electrons. The van der Waals surface area contributed by atoms with E-state index in [-0.39, 0.29) is 12.3 Å². The van der Waals surface area contributed by atoms with Crippen molar-refractivity contribution in [3.63, 3.8) is 0 Å². The molecule has 6 heteroatoms. The third-order valence-corrected chi connectivity index (χ3v) is 1.17. The second kappa shape index (κ2) is 2.59. The van der Waals surface area contributed by atoms with Crippen LogP contribution in [0, 0.1) is 0 Å². The van der Waals surface area contributed by atoms with Crippen LogP contribution in [0.25, 0.3) is 0 Å². The number of nitrogens with two attached hydrogens (primary N) is 1. The van der Waals surface area contributed by atoms with Crippen LogP contribution in [0.15, 0.2) is 9.32 Å². The van der Waals surface area contributed by atoms with Crippen molar-refractivity contribution in [3.05, 3.63) is 21.7 Å². The zero-order chi connectivity index (χ0) is 8.43. The Morgan fingerprint density at radius 1 is 1.73 bits per heavy atom. The molecular weight excluding hydrogens is 152 g/mol. The Morgan fingerprint density at radius 3 is 2.73 bits per heavy atom. The van der Waals surface area contributed by atoms with Crippen molar-refractivity contribution in [2.45, 2.75) is 6.54 Å². The summed E-state index contributed by atoms with van der Waals surface area (Å²) in [5.41, 5.74) is 3.90. The van der Waals surface area contributed by atoms with Crippen molar-refractivity contribution < 1.29 is 14.4 Å². The molecule has 0 amide bonds. The molecule has 0 fully saturated rings. The summed E-state index contributed by atoms with van der Waals surface area (Å²) in [4.78, 5) is 21.0. The predicted octanol–water partition coefficient (Wildman–Crippen LogP) is -0.875. The molecule has 0 unspecified atom stereocenters. The van der Waals surface area contributed by atoms with Gasteiger partial charge in [0, 0.05) is 0 Å². The molecule has 0 saturated heterocycles. The van der Waals surface area contributed by atoms with Gasteiger partial charge in [-0.2, -0.15) is 5.16 Å². The first-order valence-electron chi connectivity index (χ1n) is 2.80. The lowest BCUT2D eigenvalue weighted by molar-refractivity contribution is 0.0693. The van der Waals surface area contributed by atoms with E-state index in [0.29, 0.717) is 0 Å². The number of carboxylic acid groups (broad SMARTS) is 1. The van der Waals surface area contributed by atoms with Crippen LogP contribution in [-0.4, -0.2) is 16.2 Å². The first kappa shape index (κ1) is 7.55. The summed E-state index contributed by atoms with van der Waals surface area (Å²) in [7, 11) is 0. The molecule has 6 nitrogen and oxygen atoms in total. The highest BCUT2D eigenvalue weighted by atomic mass is 16.5. The minimum atomic E-state index is -1.33. The van der Waals surface area contributed by atoms with Gasteiger partial charge in [0.1, 0.15) is 0 Å². The van der Waals surface area contributed by atoms with Crippen LogP contribution < -0.4 is 11.3 Å². The lowest BCUT2D eigenvalue weighted by atomic mass is 10.2. The molecule has 1 aromatic rings. The molecule has 0 bridgehead atoms. The van der Waals surface area contributed by atoms with Crippen molar-refractivity contribution in [3.8, 4) is 0 Å². The number of H-pyrrole nitrogens is 1. The van der Waals surface area contributed by atoms with Crippen molar-refractivity contribution in [1.29, 1.82) is 0 Å². The van der Waals surface area contributed by atoms with Crippen molar-refractivity contribution >= 4 is 5.97 Å². The number of aromatic carboxylic acids is 1. The third kappa shape index (κ3) is 1.15. The summed E-state index contributed by atoms with van der Waals surface area (Å²) in [5, 5.41) is 10.3. The largest absolute Gasteiger partial charge is 0.477 e. The van der Waals surface area contributed by atoms with Crippen LogP contribution in [0.1, 0.15) is 16.1 Å². The molecular formula is C5H6N2O4. The number of carbonyl (C=O) groups is 1. The molecule has 1 aromatic heterocycles. The van der Waals surface area contributed by atoms with Crippen LogP contribution in [0.3, 0.4) is 0 Å². The fourth-order valence-electron chi connectivity index (χ4n) is 0.697. The lowest BCUT2D eigenvalue weighted by Gasteiger charge is -1.87. The maximum absolute atomic E-state index is 10.7. The van der Waals surface area contributed by atoms with Gasteiger partial charge >= 0.3 is 5.97 Å². The average Bonchev–Trinajstić information content (AvgIpc) is 2.30. The van der Waals surface area contributed by atoms with E-state index in [9.17, 15) is 9.59 Å². The molecule has 1 rings (SSSR count). The average molecular weight is 158 g/mol. The fourth-order valence-corrected chi connectivity index (χ4v) is 0.697. The number of hydrogen-bond acceptors (Lipinski definition) is 4. The fraction of sp³-hybridized carbons (Fsp3) is 0.200. The van der Waals surface area contributed by atoms with Crippen molar-refractivity contribution in [2.24, 2.45) is 5.73 Å². The lowest BCUT2D eigenvalue weighted by Crippen LogP contribution is -2.14. The van der Waals surface area contributed by atoms with Crippen LogP contribution in [0.5, 0.6) is 0 Å². The highest BCUT2D eigenvalue weighted by molar-refractivity contribution is 5.88. The first-order chi connectivity index (χ1) is 5.16. The van der Waals surface area contributed by atoms with Gasteiger partial charge in [-0.05, 0) is 0 Å². The van der Waals surface area contributed by atoms with Gasteiger partial charge in [-0.1, -0.05) is 0 Å². The van der Waals surface area contributed by atoms with Gasteiger partial charge in [-0.3, -0.25) is 4.79 Å². The molecule has 11 heavy (non-hydrogen) atoms. The van der Waals surface area contributed by atoms with E-state index >= 15 is 0 Å². The zero-order valence-electron chi connectivity index (χ0n) is 5.46. The number of aromatic amines is 1. The second-order valence-electron chi connectivity index (χ2n) is 1.84. The standard InChI is InChI=1S/C5H6N2O4/c6-1-2-3(5(9)10)4(8)7-11-2/h1,6H2,(H,7,8)(H,9,10). The van der Waals surface area contributed by atoms with Crippen LogP contribution in [0.4, 0.5) is 0 Å². The Kier molecular flexibility index (Phi) is 1.77. The maximum atomic E-state index is 10.7. The second-order valence-corrected chi connectivity index (χ2v) is 1.84. The summed E-state index contributed by atoms with van der Waals surface area (Å²) < 4.78 is 4.46. The van der Waals surface area contributed by atoms with Gasteiger partial charge in [-0.15, -0.1) is 0 Å². The van der Waals surface area contributed by atoms with E-state index in [1.165, 1.54) is 0 Å². The summed E-state index contributed by atoms with van der Waals surface area (Å²) in [6.45, 7) is -0.111. The highest BCUT2D eigenvalue weighted by Gasteiger charge is 2.17. The molecule has 0 atom stereocenters. The Balaban J connectivity index is 3.29. The Labute approximate surface area is 60.6 Å². The van der Waals surface area contributed by atoms with Gasteiger partial charge in [0.25, 0.3) is 5.56 Å². The Morgan fingerprint density at radius 2 is 2.36 bits per heavy atom. The SMILES string of the molecule is NCc1o[nH]c(=O)c1C(=O)O. The quantitative estimate of drug-likeness (QED) is 0.518. The predicted molar refractivity (Wildman–Crippen MR) is 34.2 cm³/mol. The summed E-state index contributed by atoms with van der Waals surface area (Å²) in [6.07, 6.45) is 0. The van der Waals surface area contributed by atoms with Gasteiger partial charge < -0.3 is 15.4 Å². The molecule has 0 aromatic carbocycles. The number of carboxylic acids is 1. The molecule has 0 radical (unpaired) electrons. The molecule has 0 aliphatic carbocycles. The van der Waals surface area contributed by atoms with Crippen LogP contribution in [-0.2, 0) is 6.54 Å². The first-order valence-corrected chi connectivity index (χ1v) is 2.80. The number of hydrogen-bond donors (Lipinski definition) is 3. The van der Waals surface area contributed by atoms with E-state index in [0.717, 1.165) is 0 Å². The van der Waals surface area contributed by atoms with Gasteiger partial charge in [-0.25, -0.2) is 4.79 Å². The smallest absolute Gasteiger partial charge is 0.345 e. The number of rotatable bonds is 2. The zero-order valence-corrected chi connectivity index (χ0v) is 5.46. The third-order valence-electron chi connectivity index (χ3n) is 1.17. The minimum absolute atomic E-state index is 0.0394. The minimum Gasteiger partial charge on any atom is -0.477 e. The van der Waals surface area contributed by atoms with Gasteiger partial charge in [0.15, 0.2) is 11.3 Å². The summed E-state index contributed by atoms with van der Waals surface area (Å²) in [5.74, 6) is -1.37. The van der Waals surface area contributed by atoms with E-state index in [4.69, 9.17) is 10.8 Å². The van der Waals surface area contributed by atoms with Crippen molar-refractivity contribution in [2.75, 3.05) is 0 Å². The molecule has 1 heterocycles. The highest BCUT2D eigenvalue weighted by Crippen LogP contribution is 2.00. The normalized spacial score (nSPS) is 9.91. The molecule has 0 saturated carbocycles. The summed E-state index contributed by atoms with van der Waals surface area (Å²) in [6, 6.07) is 0. The van der Waals surface area contributed by atoms with Crippen LogP contribution in [0.2, 0.25) is 0 Å². The van der Waals surface area contributed by atoms with Gasteiger partial charge in [0.2, 0.25) is 0 Å². The molecule has 0 aliphatic heterocycles. The van der Waals surface area contributed by atoms with E-state index in [1.54, 1.807) is 0 Å². The molecule has 0 spiro atoms. The van der Waals surface area contributed by atoms with Crippen LogP contribution >= 0.6 is 0 Å². The molecule has 4 N–H and O–H groups in total. The van der Waals surface area contributed by atoms with E-state index < -0.39 is 17.1 Å². The Hall–Kier alpha value is -1.56. The summed E-state index contributed by atoms with van der Waals surface area (Å²) >= 11 is 0. The Bertz CT molecular complexity index is 323. The van der Waals surface area contributed by atoms with Crippen molar-refractivity contribution in [1.82, 2.24) is 5.16 Å². The monoisotopic (exact) mass is 158 g/mol. The number of nitrogens with one attached hydrogen (secondary N) is 1. The number of aromatic nitrogens is 1. The van der Waals surface area contributed by atoms with E-state index in [1.807, 2.05) is 5.16 Å². The van der Waals surface area contributed by atoms with Gasteiger partial charge in [0.05, 0.1) is 6.54 Å².